The van der Waals surface area contributed by atoms with Crippen molar-refractivity contribution in [3.05, 3.63) is 29.6 Å². The van der Waals surface area contributed by atoms with Gasteiger partial charge in [0.25, 0.3) is 0 Å². The lowest BCUT2D eigenvalue weighted by Gasteiger charge is -2.36. The van der Waals surface area contributed by atoms with Crippen molar-refractivity contribution in [3.63, 3.8) is 0 Å². The fourth-order valence-electron chi connectivity index (χ4n) is 2.21. The minimum absolute atomic E-state index is 0.0915. The normalized spacial score (nSPS) is 24.5. The van der Waals surface area contributed by atoms with Crippen molar-refractivity contribution >= 4 is 5.69 Å². The van der Waals surface area contributed by atoms with Gasteiger partial charge in [0.2, 0.25) is 0 Å². The van der Waals surface area contributed by atoms with E-state index >= 15 is 0 Å². The SMILES string of the molecule is CC1CN(c2ccc(C#N)cc2F)CC(C)O1. The van der Waals surface area contributed by atoms with E-state index in [1.807, 2.05) is 24.8 Å². The molecule has 0 spiro atoms. The predicted octanol–water partition coefficient (Wildman–Crippen LogP) is 2.31. The molecule has 0 saturated carbocycles. The Bertz CT molecular complexity index is 445. The Morgan fingerprint density at radius 1 is 1.35 bits per heavy atom. The van der Waals surface area contributed by atoms with Gasteiger partial charge in [-0.25, -0.2) is 4.39 Å². The molecule has 2 atom stereocenters. The zero-order valence-electron chi connectivity index (χ0n) is 9.98. The van der Waals surface area contributed by atoms with Crippen molar-refractivity contribution < 1.29 is 9.13 Å². The van der Waals surface area contributed by atoms with Crippen LogP contribution >= 0.6 is 0 Å². The molecule has 0 bridgehead atoms. The minimum Gasteiger partial charge on any atom is -0.372 e. The molecule has 1 aromatic rings. The maximum atomic E-state index is 13.8. The number of halogens is 1. The summed E-state index contributed by atoms with van der Waals surface area (Å²) >= 11 is 0. The zero-order valence-corrected chi connectivity index (χ0v) is 9.98. The average Bonchev–Trinajstić information content (AvgIpc) is 2.27. The molecule has 0 N–H and O–H groups in total. The second-order valence-corrected chi connectivity index (χ2v) is 4.44. The number of hydrogen-bond acceptors (Lipinski definition) is 3. The van der Waals surface area contributed by atoms with E-state index in [9.17, 15) is 4.39 Å². The Hall–Kier alpha value is -1.60. The predicted molar refractivity (Wildman–Crippen MR) is 63.3 cm³/mol. The number of morpholine rings is 1. The lowest BCUT2D eigenvalue weighted by molar-refractivity contribution is -0.00539. The highest BCUT2D eigenvalue weighted by Crippen LogP contribution is 2.24. The van der Waals surface area contributed by atoms with Gasteiger partial charge in [0.15, 0.2) is 0 Å². The number of hydrogen-bond donors (Lipinski definition) is 0. The van der Waals surface area contributed by atoms with Gasteiger partial charge in [-0.1, -0.05) is 0 Å². The van der Waals surface area contributed by atoms with Crippen LogP contribution in [0.4, 0.5) is 10.1 Å². The molecule has 0 aliphatic carbocycles. The van der Waals surface area contributed by atoms with E-state index in [2.05, 4.69) is 0 Å². The summed E-state index contributed by atoms with van der Waals surface area (Å²) in [5, 5.41) is 8.70. The van der Waals surface area contributed by atoms with Gasteiger partial charge >= 0.3 is 0 Å². The van der Waals surface area contributed by atoms with E-state index < -0.39 is 0 Å². The van der Waals surface area contributed by atoms with Gasteiger partial charge < -0.3 is 9.64 Å². The van der Waals surface area contributed by atoms with Crippen LogP contribution in [0.3, 0.4) is 0 Å². The second kappa shape index (κ2) is 4.72. The molecule has 1 fully saturated rings. The first kappa shape index (κ1) is 11.9. The fraction of sp³-hybridized carbons (Fsp3) is 0.462. The topological polar surface area (TPSA) is 36.3 Å². The third-order valence-electron chi connectivity index (χ3n) is 2.84. The molecule has 0 amide bonds. The van der Waals surface area contributed by atoms with Crippen LogP contribution < -0.4 is 4.90 Å². The molecular formula is C13H15FN2O. The highest BCUT2D eigenvalue weighted by molar-refractivity contribution is 5.51. The van der Waals surface area contributed by atoms with E-state index in [1.54, 1.807) is 12.1 Å². The van der Waals surface area contributed by atoms with E-state index in [0.717, 1.165) is 0 Å². The summed E-state index contributed by atoms with van der Waals surface area (Å²) in [5.74, 6) is -0.342. The molecule has 1 heterocycles. The maximum Gasteiger partial charge on any atom is 0.147 e. The first-order valence-corrected chi connectivity index (χ1v) is 5.70. The molecule has 2 rings (SSSR count). The molecule has 4 heteroatoms. The Kier molecular flexibility index (Phi) is 3.30. The van der Waals surface area contributed by atoms with Gasteiger partial charge in [0.05, 0.1) is 29.5 Å². The highest BCUT2D eigenvalue weighted by atomic mass is 19.1. The molecule has 90 valence electrons. The number of nitriles is 1. The van der Waals surface area contributed by atoms with Crippen LogP contribution in [0, 0.1) is 17.1 Å². The summed E-state index contributed by atoms with van der Waals surface area (Å²) in [4.78, 5) is 1.97. The Labute approximate surface area is 100 Å². The summed E-state index contributed by atoms with van der Waals surface area (Å²) in [6, 6.07) is 6.52. The highest BCUT2D eigenvalue weighted by Gasteiger charge is 2.24. The third-order valence-corrected chi connectivity index (χ3v) is 2.84. The van der Waals surface area contributed by atoms with E-state index in [1.165, 1.54) is 6.07 Å². The molecule has 1 aliphatic heterocycles. The van der Waals surface area contributed by atoms with Gasteiger partial charge in [-0.2, -0.15) is 5.26 Å². The third kappa shape index (κ3) is 2.56. The van der Waals surface area contributed by atoms with Crippen LogP contribution in [0.2, 0.25) is 0 Å². The number of ether oxygens (including phenoxy) is 1. The number of rotatable bonds is 1. The van der Waals surface area contributed by atoms with Crippen molar-refractivity contribution in [1.29, 1.82) is 5.26 Å². The molecule has 1 saturated heterocycles. The van der Waals surface area contributed by atoms with Crippen molar-refractivity contribution in [2.75, 3.05) is 18.0 Å². The maximum absolute atomic E-state index is 13.8. The van der Waals surface area contributed by atoms with Crippen molar-refractivity contribution in [2.45, 2.75) is 26.1 Å². The average molecular weight is 234 g/mol. The van der Waals surface area contributed by atoms with E-state index in [4.69, 9.17) is 10.00 Å². The lowest BCUT2D eigenvalue weighted by atomic mass is 10.1. The monoisotopic (exact) mass is 234 g/mol. The molecular weight excluding hydrogens is 219 g/mol. The van der Waals surface area contributed by atoms with Gasteiger partial charge in [-0.15, -0.1) is 0 Å². The number of benzene rings is 1. The van der Waals surface area contributed by atoms with Crippen LogP contribution in [0.15, 0.2) is 18.2 Å². The van der Waals surface area contributed by atoms with Crippen LogP contribution in [0.1, 0.15) is 19.4 Å². The minimum atomic E-state index is -0.342. The molecule has 3 nitrogen and oxygen atoms in total. The van der Waals surface area contributed by atoms with Gasteiger partial charge in [-0.05, 0) is 32.0 Å². The summed E-state index contributed by atoms with van der Waals surface area (Å²) in [5.41, 5.74) is 0.895. The second-order valence-electron chi connectivity index (χ2n) is 4.44. The molecule has 1 aliphatic rings. The Morgan fingerprint density at radius 2 is 2.00 bits per heavy atom. The lowest BCUT2D eigenvalue weighted by Crippen LogP contribution is -2.45. The molecule has 0 aromatic heterocycles. The molecule has 1 aromatic carbocycles. The van der Waals surface area contributed by atoms with Crippen molar-refractivity contribution in [3.8, 4) is 6.07 Å². The summed E-state index contributed by atoms with van der Waals surface area (Å²) in [7, 11) is 0. The zero-order chi connectivity index (χ0) is 12.4. The summed E-state index contributed by atoms with van der Waals surface area (Å²) < 4.78 is 19.4. The van der Waals surface area contributed by atoms with Crippen LogP contribution in [-0.4, -0.2) is 25.3 Å². The number of nitrogens with zero attached hydrogens (tertiary/aromatic N) is 2. The van der Waals surface area contributed by atoms with Crippen molar-refractivity contribution in [2.24, 2.45) is 0 Å². The standard InChI is InChI=1S/C13H15FN2O/c1-9-7-16(8-10(2)17-9)13-4-3-11(6-15)5-12(13)14/h3-5,9-10H,7-8H2,1-2H3. The Balaban J connectivity index is 2.25. The first-order valence-electron chi connectivity index (χ1n) is 5.70. The van der Waals surface area contributed by atoms with E-state index in [-0.39, 0.29) is 18.0 Å². The van der Waals surface area contributed by atoms with Crippen LogP contribution in [0.5, 0.6) is 0 Å². The molecule has 2 unspecified atom stereocenters. The summed E-state index contributed by atoms with van der Waals surface area (Å²) in [6.45, 7) is 5.30. The summed E-state index contributed by atoms with van der Waals surface area (Å²) in [6.07, 6.45) is 0.183. The van der Waals surface area contributed by atoms with Crippen LogP contribution in [-0.2, 0) is 4.74 Å². The first-order chi connectivity index (χ1) is 8.10. The Morgan fingerprint density at radius 3 is 2.53 bits per heavy atom. The van der Waals surface area contributed by atoms with Gasteiger partial charge in [0, 0.05) is 13.1 Å². The quantitative estimate of drug-likeness (QED) is 0.748. The smallest absolute Gasteiger partial charge is 0.147 e. The molecule has 0 radical (unpaired) electrons. The largest absolute Gasteiger partial charge is 0.372 e. The fourth-order valence-corrected chi connectivity index (χ4v) is 2.21. The number of anilines is 1. The molecule has 17 heavy (non-hydrogen) atoms. The van der Waals surface area contributed by atoms with Crippen LogP contribution in [0.25, 0.3) is 0 Å². The van der Waals surface area contributed by atoms with Gasteiger partial charge in [-0.3, -0.25) is 0 Å². The van der Waals surface area contributed by atoms with Gasteiger partial charge in [0.1, 0.15) is 5.82 Å². The van der Waals surface area contributed by atoms with Crippen molar-refractivity contribution in [1.82, 2.24) is 0 Å². The van der Waals surface area contributed by atoms with E-state index in [0.29, 0.717) is 24.3 Å².